The molecule has 0 bridgehead atoms. The maximum atomic E-state index is 13.7. The highest BCUT2D eigenvalue weighted by Gasteiger charge is 2.09. The summed E-state index contributed by atoms with van der Waals surface area (Å²) >= 11 is 4.69. The summed E-state index contributed by atoms with van der Waals surface area (Å²) in [6, 6.07) is 12.4. The maximum Gasteiger partial charge on any atom is 0.137 e. The quantitative estimate of drug-likeness (QED) is 0.915. The van der Waals surface area contributed by atoms with E-state index in [9.17, 15) is 9.50 Å². The lowest BCUT2D eigenvalue weighted by Gasteiger charge is -2.08. The Hall–Kier alpha value is -0.840. The van der Waals surface area contributed by atoms with Crippen LogP contribution in [0.5, 0.6) is 0 Å². The van der Waals surface area contributed by atoms with Gasteiger partial charge in [-0.25, -0.2) is 4.39 Å². The predicted octanol–water partition coefficient (Wildman–Crippen LogP) is 4.23. The largest absolute Gasteiger partial charge is 0.392 e. The molecule has 2 rings (SSSR count). The van der Waals surface area contributed by atoms with Gasteiger partial charge in [-0.1, -0.05) is 45.9 Å². The molecule has 1 N–H and O–H groups in total. The molecule has 0 atom stereocenters. The summed E-state index contributed by atoms with van der Waals surface area (Å²) in [6.45, 7) is -0.159. The second-order valence-electron chi connectivity index (χ2n) is 3.45. The smallest absolute Gasteiger partial charge is 0.137 e. The van der Waals surface area contributed by atoms with Crippen molar-refractivity contribution in [2.75, 3.05) is 0 Å². The lowest BCUT2D eigenvalue weighted by atomic mass is 10.2. The van der Waals surface area contributed by atoms with Crippen LogP contribution in [0.15, 0.2) is 56.7 Å². The summed E-state index contributed by atoms with van der Waals surface area (Å²) in [4.78, 5) is 1.41. The van der Waals surface area contributed by atoms with E-state index in [0.717, 1.165) is 9.37 Å². The van der Waals surface area contributed by atoms with Gasteiger partial charge < -0.3 is 5.11 Å². The van der Waals surface area contributed by atoms with Gasteiger partial charge in [-0.2, -0.15) is 0 Å². The van der Waals surface area contributed by atoms with E-state index in [-0.39, 0.29) is 12.4 Å². The first-order valence-corrected chi connectivity index (χ1v) is 6.63. The van der Waals surface area contributed by atoms with Crippen LogP contribution in [0.25, 0.3) is 0 Å². The van der Waals surface area contributed by atoms with E-state index >= 15 is 0 Å². The normalized spacial score (nSPS) is 10.5. The zero-order valence-corrected chi connectivity index (χ0v) is 11.3. The Bertz CT molecular complexity index is 531. The first-order chi connectivity index (χ1) is 8.20. The van der Waals surface area contributed by atoms with Crippen LogP contribution < -0.4 is 0 Å². The SMILES string of the molecule is OCc1cccc(F)c1Sc1cccc(Br)c1. The topological polar surface area (TPSA) is 20.2 Å². The molecule has 2 aromatic rings. The maximum absolute atomic E-state index is 13.7. The Morgan fingerprint density at radius 2 is 1.94 bits per heavy atom. The van der Waals surface area contributed by atoms with Crippen LogP contribution in [-0.4, -0.2) is 5.11 Å². The average Bonchev–Trinajstić information content (AvgIpc) is 2.32. The van der Waals surface area contributed by atoms with Crippen molar-refractivity contribution >= 4 is 27.7 Å². The van der Waals surface area contributed by atoms with Crippen molar-refractivity contribution in [1.82, 2.24) is 0 Å². The Kier molecular flexibility index (Phi) is 4.20. The molecule has 0 radical (unpaired) electrons. The van der Waals surface area contributed by atoms with Gasteiger partial charge in [-0.05, 0) is 29.8 Å². The molecule has 17 heavy (non-hydrogen) atoms. The van der Waals surface area contributed by atoms with E-state index in [0.29, 0.717) is 10.5 Å². The van der Waals surface area contributed by atoms with Gasteiger partial charge in [0.2, 0.25) is 0 Å². The van der Waals surface area contributed by atoms with E-state index in [2.05, 4.69) is 15.9 Å². The first kappa shape index (κ1) is 12.6. The second kappa shape index (κ2) is 5.67. The molecule has 0 saturated heterocycles. The lowest BCUT2D eigenvalue weighted by molar-refractivity contribution is 0.277. The molecular formula is C13H10BrFOS. The minimum atomic E-state index is -0.304. The number of hydrogen-bond donors (Lipinski definition) is 1. The van der Waals surface area contributed by atoms with Gasteiger partial charge in [-0.15, -0.1) is 0 Å². The first-order valence-electron chi connectivity index (χ1n) is 5.02. The lowest BCUT2D eigenvalue weighted by Crippen LogP contribution is -1.91. The number of hydrogen-bond acceptors (Lipinski definition) is 2. The number of benzene rings is 2. The number of aliphatic hydroxyl groups excluding tert-OH is 1. The molecular weight excluding hydrogens is 303 g/mol. The molecule has 0 amide bonds. The van der Waals surface area contributed by atoms with Crippen molar-refractivity contribution in [3.8, 4) is 0 Å². The van der Waals surface area contributed by atoms with Crippen molar-refractivity contribution < 1.29 is 9.50 Å². The Morgan fingerprint density at radius 3 is 2.65 bits per heavy atom. The van der Waals surface area contributed by atoms with Crippen LogP contribution in [0.3, 0.4) is 0 Å². The molecule has 0 unspecified atom stereocenters. The molecule has 0 fully saturated rings. The van der Waals surface area contributed by atoms with Crippen LogP contribution in [0, 0.1) is 5.82 Å². The fourth-order valence-electron chi connectivity index (χ4n) is 1.44. The molecule has 0 aliphatic heterocycles. The molecule has 2 aromatic carbocycles. The van der Waals surface area contributed by atoms with E-state index in [1.54, 1.807) is 12.1 Å². The Morgan fingerprint density at radius 1 is 1.18 bits per heavy atom. The molecule has 88 valence electrons. The summed E-state index contributed by atoms with van der Waals surface area (Å²) in [5.41, 5.74) is 0.606. The van der Waals surface area contributed by atoms with Crippen molar-refractivity contribution in [2.24, 2.45) is 0 Å². The van der Waals surface area contributed by atoms with Crippen molar-refractivity contribution in [3.05, 3.63) is 58.3 Å². The number of aliphatic hydroxyl groups is 1. The summed E-state index contributed by atoms with van der Waals surface area (Å²) in [6.07, 6.45) is 0. The standard InChI is InChI=1S/C13H10BrFOS/c14-10-4-2-5-11(7-10)17-13-9(8-16)3-1-6-12(13)15/h1-7,16H,8H2. The summed E-state index contributed by atoms with van der Waals surface area (Å²) in [5, 5.41) is 9.19. The van der Waals surface area contributed by atoms with Crippen LogP contribution >= 0.6 is 27.7 Å². The highest BCUT2D eigenvalue weighted by Crippen LogP contribution is 2.33. The van der Waals surface area contributed by atoms with Gasteiger partial charge in [0.25, 0.3) is 0 Å². The van der Waals surface area contributed by atoms with Crippen LogP contribution in [-0.2, 0) is 6.61 Å². The molecule has 4 heteroatoms. The second-order valence-corrected chi connectivity index (χ2v) is 5.45. The minimum absolute atomic E-state index is 0.159. The van der Waals surface area contributed by atoms with Gasteiger partial charge in [0.15, 0.2) is 0 Å². The summed E-state index contributed by atoms with van der Waals surface area (Å²) in [5.74, 6) is -0.304. The van der Waals surface area contributed by atoms with Crippen LogP contribution in [0.1, 0.15) is 5.56 Å². The van der Waals surface area contributed by atoms with E-state index in [4.69, 9.17) is 0 Å². The zero-order valence-electron chi connectivity index (χ0n) is 8.86. The molecule has 0 saturated carbocycles. The third kappa shape index (κ3) is 3.09. The summed E-state index contributed by atoms with van der Waals surface area (Å²) in [7, 11) is 0. The minimum Gasteiger partial charge on any atom is -0.392 e. The van der Waals surface area contributed by atoms with Crippen molar-refractivity contribution in [2.45, 2.75) is 16.4 Å². The van der Waals surface area contributed by atoms with E-state index < -0.39 is 0 Å². The highest BCUT2D eigenvalue weighted by molar-refractivity contribution is 9.10. The third-order valence-electron chi connectivity index (χ3n) is 2.23. The van der Waals surface area contributed by atoms with Gasteiger partial charge in [0.05, 0.1) is 11.5 Å². The fourth-order valence-corrected chi connectivity index (χ4v) is 2.99. The number of halogens is 2. The van der Waals surface area contributed by atoms with Gasteiger partial charge in [0, 0.05) is 9.37 Å². The van der Waals surface area contributed by atoms with Crippen LogP contribution in [0.2, 0.25) is 0 Å². The molecule has 0 aliphatic rings. The van der Waals surface area contributed by atoms with Crippen molar-refractivity contribution in [1.29, 1.82) is 0 Å². The van der Waals surface area contributed by atoms with Crippen molar-refractivity contribution in [3.63, 3.8) is 0 Å². The molecule has 0 aliphatic carbocycles. The van der Waals surface area contributed by atoms with E-state index in [1.807, 2.05) is 24.3 Å². The molecule has 0 spiro atoms. The Labute approximate surface area is 112 Å². The average molecular weight is 313 g/mol. The Balaban J connectivity index is 2.35. The number of rotatable bonds is 3. The van der Waals surface area contributed by atoms with Gasteiger partial charge in [-0.3, -0.25) is 0 Å². The van der Waals surface area contributed by atoms with Gasteiger partial charge >= 0.3 is 0 Å². The monoisotopic (exact) mass is 312 g/mol. The predicted molar refractivity (Wildman–Crippen MR) is 70.6 cm³/mol. The zero-order chi connectivity index (χ0) is 12.3. The molecule has 1 nitrogen and oxygen atoms in total. The fraction of sp³-hybridized carbons (Fsp3) is 0.0769. The van der Waals surface area contributed by atoms with Gasteiger partial charge in [0.1, 0.15) is 5.82 Å². The summed E-state index contributed by atoms with van der Waals surface area (Å²) < 4.78 is 14.6. The van der Waals surface area contributed by atoms with Crippen LogP contribution in [0.4, 0.5) is 4.39 Å². The molecule has 0 heterocycles. The third-order valence-corrected chi connectivity index (χ3v) is 3.88. The van der Waals surface area contributed by atoms with E-state index in [1.165, 1.54) is 17.8 Å². The molecule has 0 aromatic heterocycles. The highest BCUT2D eigenvalue weighted by atomic mass is 79.9.